The Hall–Kier alpha value is -1.07. The van der Waals surface area contributed by atoms with E-state index in [1.807, 2.05) is 6.92 Å². The molecular formula is C10H15NO3S. The van der Waals surface area contributed by atoms with E-state index < -0.39 is 9.84 Å². The van der Waals surface area contributed by atoms with Gasteiger partial charge in [-0.3, -0.25) is 0 Å². The van der Waals surface area contributed by atoms with E-state index in [-0.39, 0.29) is 10.9 Å². The van der Waals surface area contributed by atoms with Gasteiger partial charge in [-0.1, -0.05) is 6.07 Å². The van der Waals surface area contributed by atoms with Gasteiger partial charge in [-0.2, -0.15) is 0 Å². The van der Waals surface area contributed by atoms with Crippen LogP contribution >= 0.6 is 0 Å². The van der Waals surface area contributed by atoms with Crippen molar-refractivity contribution in [3.05, 3.63) is 24.3 Å². The quantitative estimate of drug-likeness (QED) is 0.829. The Morgan fingerprint density at radius 3 is 2.67 bits per heavy atom. The Morgan fingerprint density at radius 1 is 1.47 bits per heavy atom. The lowest BCUT2D eigenvalue weighted by Gasteiger charge is -2.09. The van der Waals surface area contributed by atoms with Crippen LogP contribution in [0.25, 0.3) is 0 Å². The first-order chi connectivity index (χ1) is 6.89. The number of rotatable bonds is 4. The molecule has 1 atom stereocenters. The van der Waals surface area contributed by atoms with Crippen LogP contribution in [0.5, 0.6) is 5.75 Å². The van der Waals surface area contributed by atoms with Crippen LogP contribution in [-0.4, -0.2) is 27.3 Å². The number of sulfone groups is 1. The van der Waals surface area contributed by atoms with Crippen molar-refractivity contribution in [3.63, 3.8) is 0 Å². The molecule has 0 spiro atoms. The first kappa shape index (κ1) is 12.0. The topological polar surface area (TPSA) is 69.4 Å². The van der Waals surface area contributed by atoms with E-state index in [0.29, 0.717) is 12.4 Å². The number of hydrogen-bond donors (Lipinski definition) is 1. The molecule has 1 aromatic rings. The summed E-state index contributed by atoms with van der Waals surface area (Å²) < 4.78 is 27.8. The van der Waals surface area contributed by atoms with Gasteiger partial charge in [0.15, 0.2) is 9.84 Å². The van der Waals surface area contributed by atoms with E-state index >= 15 is 0 Å². The highest BCUT2D eigenvalue weighted by Crippen LogP contribution is 2.17. The van der Waals surface area contributed by atoms with Gasteiger partial charge in [-0.25, -0.2) is 8.42 Å². The maximum absolute atomic E-state index is 11.2. The van der Waals surface area contributed by atoms with Crippen LogP contribution < -0.4 is 10.5 Å². The van der Waals surface area contributed by atoms with Crippen molar-refractivity contribution in [3.8, 4) is 5.75 Å². The first-order valence-electron chi connectivity index (χ1n) is 4.58. The SMILES string of the molecule is CC(N)COc1cccc(S(C)(=O)=O)c1. The Kier molecular flexibility index (Phi) is 3.71. The molecule has 1 unspecified atom stereocenters. The third-order valence-corrected chi connectivity index (χ3v) is 2.86. The fraction of sp³-hybridized carbons (Fsp3) is 0.400. The summed E-state index contributed by atoms with van der Waals surface area (Å²) in [5, 5.41) is 0. The minimum Gasteiger partial charge on any atom is -0.492 e. The summed E-state index contributed by atoms with van der Waals surface area (Å²) in [5.74, 6) is 0.523. The zero-order valence-corrected chi connectivity index (χ0v) is 9.62. The van der Waals surface area contributed by atoms with Gasteiger partial charge in [-0.15, -0.1) is 0 Å². The smallest absolute Gasteiger partial charge is 0.175 e. The summed E-state index contributed by atoms with van der Waals surface area (Å²) in [6, 6.07) is 6.31. The van der Waals surface area contributed by atoms with Crippen LogP contribution in [0, 0.1) is 0 Å². The van der Waals surface area contributed by atoms with Crippen LogP contribution in [0.1, 0.15) is 6.92 Å². The molecule has 1 aromatic carbocycles. The third kappa shape index (κ3) is 3.89. The summed E-state index contributed by atoms with van der Waals surface area (Å²) in [4.78, 5) is 0.254. The molecule has 2 N–H and O–H groups in total. The van der Waals surface area contributed by atoms with Crippen LogP contribution in [0.2, 0.25) is 0 Å². The summed E-state index contributed by atoms with van der Waals surface area (Å²) >= 11 is 0. The minimum absolute atomic E-state index is 0.0770. The summed E-state index contributed by atoms with van der Waals surface area (Å²) in [6.07, 6.45) is 1.16. The second-order valence-electron chi connectivity index (χ2n) is 3.54. The van der Waals surface area contributed by atoms with Crippen molar-refractivity contribution in [1.82, 2.24) is 0 Å². The van der Waals surface area contributed by atoms with Gasteiger partial charge in [-0.05, 0) is 25.1 Å². The average Bonchev–Trinajstić information content (AvgIpc) is 2.14. The van der Waals surface area contributed by atoms with Crippen LogP contribution in [0.4, 0.5) is 0 Å². The van der Waals surface area contributed by atoms with Crippen molar-refractivity contribution in [1.29, 1.82) is 0 Å². The number of nitrogens with two attached hydrogens (primary N) is 1. The van der Waals surface area contributed by atoms with E-state index in [9.17, 15) is 8.42 Å². The lowest BCUT2D eigenvalue weighted by atomic mass is 10.3. The van der Waals surface area contributed by atoms with Crippen molar-refractivity contribution >= 4 is 9.84 Å². The van der Waals surface area contributed by atoms with Crippen LogP contribution in [0.15, 0.2) is 29.2 Å². The average molecular weight is 229 g/mol. The zero-order valence-electron chi connectivity index (χ0n) is 8.80. The third-order valence-electron chi connectivity index (χ3n) is 1.75. The van der Waals surface area contributed by atoms with Gasteiger partial charge >= 0.3 is 0 Å². The van der Waals surface area contributed by atoms with Gasteiger partial charge in [0.25, 0.3) is 0 Å². The summed E-state index contributed by atoms with van der Waals surface area (Å²) in [7, 11) is -3.18. The Bertz CT molecular complexity index is 426. The van der Waals surface area contributed by atoms with Gasteiger partial charge < -0.3 is 10.5 Å². The van der Waals surface area contributed by atoms with Gasteiger partial charge in [0.1, 0.15) is 12.4 Å². The summed E-state index contributed by atoms with van der Waals surface area (Å²) in [5.41, 5.74) is 5.52. The fourth-order valence-corrected chi connectivity index (χ4v) is 1.68. The minimum atomic E-state index is -3.18. The Balaban J connectivity index is 2.84. The van der Waals surface area contributed by atoms with Gasteiger partial charge in [0.05, 0.1) is 4.90 Å². The molecule has 0 bridgehead atoms. The molecule has 5 heteroatoms. The van der Waals surface area contributed by atoms with E-state index in [2.05, 4.69) is 0 Å². The standard InChI is InChI=1S/C10H15NO3S/c1-8(11)7-14-9-4-3-5-10(6-9)15(2,12)13/h3-6,8H,7,11H2,1-2H3. The number of benzene rings is 1. The van der Waals surface area contributed by atoms with Gasteiger partial charge in [0, 0.05) is 12.3 Å². The van der Waals surface area contributed by atoms with E-state index in [0.717, 1.165) is 6.26 Å². The molecule has 0 aliphatic heterocycles. The molecule has 0 amide bonds. The molecule has 0 saturated heterocycles. The van der Waals surface area contributed by atoms with Crippen molar-refractivity contribution in [2.24, 2.45) is 5.73 Å². The molecule has 15 heavy (non-hydrogen) atoms. The van der Waals surface area contributed by atoms with Crippen LogP contribution in [0.3, 0.4) is 0 Å². The molecule has 84 valence electrons. The molecule has 0 saturated carbocycles. The molecule has 0 fully saturated rings. The normalized spacial score (nSPS) is 13.5. The van der Waals surface area contributed by atoms with Crippen molar-refractivity contribution < 1.29 is 13.2 Å². The second-order valence-corrected chi connectivity index (χ2v) is 5.55. The molecule has 0 aromatic heterocycles. The molecule has 0 radical (unpaired) electrons. The molecular weight excluding hydrogens is 214 g/mol. The molecule has 0 aliphatic rings. The highest BCUT2D eigenvalue weighted by atomic mass is 32.2. The summed E-state index contributed by atoms with van der Waals surface area (Å²) in [6.45, 7) is 2.19. The Morgan fingerprint density at radius 2 is 2.13 bits per heavy atom. The number of hydrogen-bond acceptors (Lipinski definition) is 4. The first-order valence-corrected chi connectivity index (χ1v) is 6.47. The highest BCUT2D eigenvalue weighted by molar-refractivity contribution is 7.90. The van der Waals surface area contributed by atoms with E-state index in [4.69, 9.17) is 10.5 Å². The number of ether oxygens (including phenoxy) is 1. The predicted octanol–water partition coefficient (Wildman–Crippen LogP) is 0.816. The lowest BCUT2D eigenvalue weighted by Crippen LogP contribution is -2.23. The van der Waals surface area contributed by atoms with E-state index in [1.54, 1.807) is 12.1 Å². The largest absolute Gasteiger partial charge is 0.492 e. The van der Waals surface area contributed by atoms with E-state index in [1.165, 1.54) is 12.1 Å². The van der Waals surface area contributed by atoms with Gasteiger partial charge in [0.2, 0.25) is 0 Å². The fourth-order valence-electron chi connectivity index (χ4n) is 1.02. The van der Waals surface area contributed by atoms with Crippen molar-refractivity contribution in [2.75, 3.05) is 12.9 Å². The Labute approximate surface area is 90.0 Å². The van der Waals surface area contributed by atoms with Crippen molar-refractivity contribution in [2.45, 2.75) is 17.9 Å². The molecule has 4 nitrogen and oxygen atoms in total. The second kappa shape index (κ2) is 4.63. The monoisotopic (exact) mass is 229 g/mol. The maximum atomic E-state index is 11.2. The molecule has 1 rings (SSSR count). The van der Waals surface area contributed by atoms with Crippen LogP contribution in [-0.2, 0) is 9.84 Å². The molecule has 0 heterocycles. The lowest BCUT2D eigenvalue weighted by molar-refractivity contribution is 0.295. The highest BCUT2D eigenvalue weighted by Gasteiger charge is 2.07. The molecule has 0 aliphatic carbocycles. The zero-order chi connectivity index (χ0) is 11.5. The predicted molar refractivity (Wildman–Crippen MR) is 58.7 cm³/mol. The maximum Gasteiger partial charge on any atom is 0.175 e.